The van der Waals surface area contributed by atoms with Crippen molar-refractivity contribution < 1.29 is 32.3 Å². The number of carbonyl (C=O) groups excluding carboxylic acids is 2. The van der Waals surface area contributed by atoms with Crippen molar-refractivity contribution >= 4 is 57.8 Å². The number of nitrogen functional groups attached to an aromatic ring is 1. The fourth-order valence-corrected chi connectivity index (χ4v) is 6.12. The number of nitrogens with zero attached hydrogens (tertiary/aromatic N) is 6. The van der Waals surface area contributed by atoms with Crippen LogP contribution in [-0.2, 0) is 6.61 Å². The number of aryl methyl sites for hydroxylation is 2. The van der Waals surface area contributed by atoms with Crippen LogP contribution in [0, 0.1) is 13.8 Å². The van der Waals surface area contributed by atoms with Crippen molar-refractivity contribution in [2.24, 2.45) is 5.84 Å². The topological polar surface area (TPSA) is 234 Å². The van der Waals surface area contributed by atoms with E-state index in [-0.39, 0.29) is 34.9 Å². The first-order valence-electron chi connectivity index (χ1n) is 20.9. The summed E-state index contributed by atoms with van der Waals surface area (Å²) in [4.78, 5) is 40.9. The summed E-state index contributed by atoms with van der Waals surface area (Å²) in [5, 5.41) is 31.8. The molecule has 0 aliphatic carbocycles. The highest BCUT2D eigenvalue weighted by Gasteiger charge is 2.16. The zero-order valence-electron chi connectivity index (χ0n) is 37.9. The molecule has 0 radical (unpaired) electrons. The van der Waals surface area contributed by atoms with Crippen LogP contribution in [-0.4, -0.2) is 66.8 Å². The number of aliphatic hydroxyl groups is 1. The molecule has 0 aliphatic heterocycles. The van der Waals surface area contributed by atoms with E-state index in [0.29, 0.717) is 46.0 Å². The molecule has 0 saturated carbocycles. The van der Waals surface area contributed by atoms with Crippen molar-refractivity contribution in [1.82, 2.24) is 29.7 Å². The summed E-state index contributed by atoms with van der Waals surface area (Å²) in [7, 11) is 3.52. The molecule has 0 aliphatic rings. The third-order valence-electron chi connectivity index (χ3n) is 9.62. The lowest BCUT2D eigenvalue weighted by molar-refractivity contribution is 0.101. The number of anilines is 8. The number of carbonyl (C=O) groups is 2. The van der Waals surface area contributed by atoms with E-state index in [2.05, 4.69) is 62.4 Å². The Balaban J connectivity index is 0.000000223. The first kappa shape index (κ1) is 50.8. The predicted octanol–water partition coefficient (Wildman–Crippen LogP) is 9.25. The molecule has 7 rings (SSSR count). The van der Waals surface area contributed by atoms with E-state index in [4.69, 9.17) is 5.84 Å². The number of aliphatic hydroxyl groups excluding tert-OH is 1. The maximum absolute atomic E-state index is 13.0. The fraction of sp³-hybridized carbons (Fsp3) is 0.213. The first-order chi connectivity index (χ1) is 32.6. The second-order valence-electron chi connectivity index (χ2n) is 15.0. The van der Waals surface area contributed by atoms with Gasteiger partial charge in [-0.15, -0.1) is 0 Å². The lowest BCUT2D eigenvalue weighted by atomic mass is 10.1. The number of aromatic nitrogens is 6. The summed E-state index contributed by atoms with van der Waals surface area (Å²) in [5.74, 6) is 7.14. The van der Waals surface area contributed by atoms with Crippen LogP contribution in [0.5, 0.6) is 0 Å². The van der Waals surface area contributed by atoms with Gasteiger partial charge in [-0.1, -0.05) is 36.4 Å². The number of hydrogen-bond donors (Lipinski definition) is 9. The maximum atomic E-state index is 13.0. The molecule has 356 valence electrons. The molecule has 0 bridgehead atoms. The number of rotatable bonds is 15. The molecule has 10 N–H and O–H groups in total. The lowest BCUT2D eigenvalue weighted by Crippen LogP contribution is -2.14. The largest absolute Gasteiger partial charge is 0.390 e. The number of halogens is 4. The van der Waals surface area contributed by atoms with E-state index in [0.717, 1.165) is 22.6 Å². The molecule has 3 heterocycles. The van der Waals surface area contributed by atoms with Crippen molar-refractivity contribution in [2.45, 2.75) is 53.2 Å². The van der Waals surface area contributed by atoms with Crippen molar-refractivity contribution in [3.05, 3.63) is 155 Å². The van der Waals surface area contributed by atoms with Crippen molar-refractivity contribution in [2.75, 3.05) is 51.4 Å². The van der Waals surface area contributed by atoms with E-state index in [1.165, 1.54) is 65.9 Å². The standard InChI is InChI=1S/C24H23F2N7O2.C18H20F2N2O.C5H9N5/c1-14-6-7-17(30-24(35)16-5-3-4-15(8-16)23(25)26)9-19(14)31-22-10-18(12-34)32-33(22)21-11-20(27-2)28-13-29-21;1-11(2)21-16-10-15(8-7-12(16)3)22-18(23)14-6-4-5-13(9-14)17(19)20;1-7-4-2-5(10-6)9-3-8-4/h3-11,13,23,31,34H,12H2,1-2H3,(H,30,35)(H,27,28,29);4-11,17,21H,1-3H3,(H,22,23);2-3H,6H2,1H3,(H2,7,8,9,10). The Morgan fingerprint density at radius 1 is 0.662 bits per heavy atom. The highest BCUT2D eigenvalue weighted by atomic mass is 19.3. The van der Waals surface area contributed by atoms with Gasteiger partial charge in [0.25, 0.3) is 24.7 Å². The predicted molar refractivity (Wildman–Crippen MR) is 257 cm³/mol. The van der Waals surface area contributed by atoms with Crippen molar-refractivity contribution in [3.8, 4) is 5.82 Å². The molecule has 7 aromatic rings. The van der Waals surface area contributed by atoms with Gasteiger partial charge in [-0.3, -0.25) is 9.59 Å². The van der Waals surface area contributed by atoms with Crippen LogP contribution in [0.2, 0.25) is 0 Å². The third kappa shape index (κ3) is 14.4. The number of nitrogens with two attached hydrogens (primary N) is 1. The molecule has 0 saturated heterocycles. The normalized spacial score (nSPS) is 10.6. The van der Waals surface area contributed by atoms with Gasteiger partial charge in [0.05, 0.1) is 12.3 Å². The van der Waals surface area contributed by atoms with Crippen LogP contribution in [0.15, 0.2) is 116 Å². The summed E-state index contributed by atoms with van der Waals surface area (Å²) < 4.78 is 53.0. The van der Waals surface area contributed by atoms with Gasteiger partial charge in [-0.2, -0.15) is 9.78 Å². The lowest BCUT2D eigenvalue weighted by Gasteiger charge is -2.15. The molecular formula is C47H52F4N14O3. The van der Waals surface area contributed by atoms with Gasteiger partial charge in [-0.05, 0) is 87.4 Å². The van der Waals surface area contributed by atoms with Gasteiger partial charge in [0.1, 0.15) is 35.9 Å². The Bertz CT molecular complexity index is 2770. The Kier molecular flexibility index (Phi) is 18.2. The zero-order chi connectivity index (χ0) is 49.3. The Morgan fingerprint density at radius 3 is 1.69 bits per heavy atom. The Morgan fingerprint density at radius 2 is 1.18 bits per heavy atom. The minimum absolute atomic E-state index is 0.132. The van der Waals surface area contributed by atoms with E-state index >= 15 is 0 Å². The van der Waals surface area contributed by atoms with E-state index < -0.39 is 24.7 Å². The average Bonchev–Trinajstić information content (AvgIpc) is 3.76. The molecule has 21 heteroatoms. The van der Waals surface area contributed by atoms with Crippen molar-refractivity contribution in [1.29, 1.82) is 0 Å². The molecule has 0 spiro atoms. The molecule has 0 atom stereocenters. The van der Waals surface area contributed by atoms with Gasteiger partial charge in [0.15, 0.2) is 5.82 Å². The quantitative estimate of drug-likeness (QED) is 0.0265. The monoisotopic (exact) mass is 936 g/mol. The van der Waals surface area contributed by atoms with Gasteiger partial charge in [-0.25, -0.2) is 43.3 Å². The first-order valence-corrected chi connectivity index (χ1v) is 20.9. The highest BCUT2D eigenvalue weighted by Crippen LogP contribution is 2.28. The summed E-state index contributed by atoms with van der Waals surface area (Å²) >= 11 is 0. The second kappa shape index (κ2) is 24.4. The van der Waals surface area contributed by atoms with E-state index in [9.17, 15) is 32.3 Å². The SMILES string of the molecule is CNc1cc(-n2nc(CO)cc2Nc2cc(NC(=O)c3cccc(C(F)F)c3)ccc2C)ncn1.CNc1cc(NN)ncn1.Cc1ccc(NC(=O)c2cccc(C(F)F)c2)cc1NC(C)C. The number of amides is 2. The van der Waals surface area contributed by atoms with E-state index in [1.54, 1.807) is 50.5 Å². The smallest absolute Gasteiger partial charge is 0.263 e. The third-order valence-corrected chi connectivity index (χ3v) is 9.62. The number of hydrogen-bond acceptors (Lipinski definition) is 14. The zero-order valence-corrected chi connectivity index (χ0v) is 37.9. The van der Waals surface area contributed by atoms with Crippen LogP contribution in [0.4, 0.5) is 63.6 Å². The highest BCUT2D eigenvalue weighted by molar-refractivity contribution is 6.05. The number of alkyl halides is 4. The second-order valence-corrected chi connectivity index (χ2v) is 15.0. The van der Waals surface area contributed by atoms with Crippen LogP contribution in [0.1, 0.15) is 75.4 Å². The van der Waals surface area contributed by atoms with Gasteiger partial charge in [0, 0.05) is 83.3 Å². The molecule has 0 unspecified atom stereocenters. The molecule has 2 amide bonds. The number of benzene rings is 4. The Hall–Kier alpha value is -8.17. The molecule has 17 nitrogen and oxygen atoms in total. The molecular weight excluding hydrogens is 885 g/mol. The summed E-state index contributed by atoms with van der Waals surface area (Å²) in [6, 6.07) is 27.0. The van der Waals surface area contributed by atoms with Crippen LogP contribution >= 0.6 is 0 Å². The summed E-state index contributed by atoms with van der Waals surface area (Å²) in [5.41, 5.74) is 7.42. The molecule has 0 fully saturated rings. The van der Waals surface area contributed by atoms with Gasteiger partial charge >= 0.3 is 0 Å². The summed E-state index contributed by atoms with van der Waals surface area (Å²) in [6.07, 6.45) is -2.42. The average molecular weight is 937 g/mol. The minimum Gasteiger partial charge on any atom is -0.390 e. The molecule has 4 aromatic carbocycles. The summed E-state index contributed by atoms with van der Waals surface area (Å²) in [6.45, 7) is 7.65. The Labute approximate surface area is 390 Å². The number of nitrogens with one attached hydrogen (secondary N) is 7. The van der Waals surface area contributed by atoms with Crippen LogP contribution in [0.3, 0.4) is 0 Å². The fourth-order valence-electron chi connectivity index (χ4n) is 6.12. The number of hydrazine groups is 1. The molecule has 68 heavy (non-hydrogen) atoms. The van der Waals surface area contributed by atoms with Crippen molar-refractivity contribution in [3.63, 3.8) is 0 Å². The van der Waals surface area contributed by atoms with E-state index in [1.807, 2.05) is 45.9 Å². The maximum Gasteiger partial charge on any atom is 0.263 e. The van der Waals surface area contributed by atoms with Crippen LogP contribution in [0.25, 0.3) is 5.82 Å². The van der Waals surface area contributed by atoms with Gasteiger partial charge in [0.2, 0.25) is 0 Å². The van der Waals surface area contributed by atoms with Gasteiger partial charge < -0.3 is 42.4 Å². The van der Waals surface area contributed by atoms with Crippen LogP contribution < -0.4 is 43.2 Å². The minimum atomic E-state index is -2.66. The molecule has 3 aromatic heterocycles.